The van der Waals surface area contributed by atoms with Crippen molar-refractivity contribution >= 4 is 11.8 Å². The Morgan fingerprint density at radius 3 is 2.47 bits per heavy atom. The van der Waals surface area contributed by atoms with Gasteiger partial charge in [0.05, 0.1) is 6.04 Å². The highest BCUT2D eigenvalue weighted by atomic mass is 19.1. The Bertz CT molecular complexity index is 1160. The molecule has 3 heterocycles. The van der Waals surface area contributed by atoms with Crippen molar-refractivity contribution in [3.05, 3.63) is 62.8 Å². The highest BCUT2D eigenvalue weighted by Gasteiger charge is 2.40. The van der Waals surface area contributed by atoms with E-state index in [9.17, 15) is 32.7 Å². The van der Waals surface area contributed by atoms with Crippen LogP contribution in [0, 0.1) is 23.4 Å². The van der Waals surface area contributed by atoms with Gasteiger partial charge in [-0.25, -0.2) is 13.2 Å². The van der Waals surface area contributed by atoms with Crippen LogP contribution in [0.5, 0.6) is 5.75 Å². The maximum atomic E-state index is 13.8. The first-order valence-corrected chi connectivity index (χ1v) is 10.3. The molecule has 7 nitrogen and oxygen atoms in total. The van der Waals surface area contributed by atoms with Gasteiger partial charge in [-0.1, -0.05) is 6.92 Å². The van der Waals surface area contributed by atoms with Gasteiger partial charge in [0.25, 0.3) is 11.8 Å². The molecule has 1 aromatic carbocycles. The lowest BCUT2D eigenvalue weighted by molar-refractivity contribution is 0.0604. The zero-order valence-corrected chi connectivity index (χ0v) is 17.5. The lowest BCUT2D eigenvalue weighted by Crippen LogP contribution is -2.47. The Kier molecular flexibility index (Phi) is 5.47. The minimum absolute atomic E-state index is 0.0609. The molecule has 2 bridgehead atoms. The normalized spacial score (nSPS) is 22.3. The van der Waals surface area contributed by atoms with Crippen LogP contribution in [0.1, 0.15) is 59.1 Å². The first kappa shape index (κ1) is 21.9. The zero-order chi connectivity index (χ0) is 23.3. The predicted molar refractivity (Wildman–Crippen MR) is 108 cm³/mol. The molecule has 0 spiro atoms. The molecule has 0 radical (unpaired) electrons. The molecular formula is C22H22F3N3O4. The highest BCUT2D eigenvalue weighted by Crippen LogP contribution is 2.36. The van der Waals surface area contributed by atoms with E-state index in [1.165, 1.54) is 10.8 Å². The molecule has 1 aromatic heterocycles. The summed E-state index contributed by atoms with van der Waals surface area (Å²) in [4.78, 5) is 39.9. The molecule has 170 valence electrons. The number of carbonyl (C=O) groups is 2. The van der Waals surface area contributed by atoms with Crippen molar-refractivity contribution < 1.29 is 27.9 Å². The third-order valence-corrected chi connectivity index (χ3v) is 6.20. The van der Waals surface area contributed by atoms with Crippen molar-refractivity contribution in [2.45, 2.75) is 45.3 Å². The largest absolute Gasteiger partial charge is 0.503 e. The minimum Gasteiger partial charge on any atom is -0.503 e. The molecule has 2 N–H and O–H groups in total. The quantitative estimate of drug-likeness (QED) is 0.754. The van der Waals surface area contributed by atoms with Crippen molar-refractivity contribution in [2.75, 3.05) is 6.54 Å². The molecule has 10 heteroatoms. The third kappa shape index (κ3) is 3.63. The summed E-state index contributed by atoms with van der Waals surface area (Å²) in [5.74, 6) is -5.49. The molecular weight excluding hydrogens is 427 g/mol. The van der Waals surface area contributed by atoms with Gasteiger partial charge in [-0.2, -0.15) is 0 Å². The molecule has 2 aliphatic rings. The van der Waals surface area contributed by atoms with Crippen molar-refractivity contribution in [1.82, 2.24) is 14.8 Å². The first-order chi connectivity index (χ1) is 15.1. The highest BCUT2D eigenvalue weighted by molar-refractivity contribution is 5.99. The monoisotopic (exact) mass is 449 g/mol. The Balaban J connectivity index is 1.69. The number of hydrogen-bond donors (Lipinski definition) is 2. The van der Waals surface area contributed by atoms with Gasteiger partial charge in [-0.3, -0.25) is 14.4 Å². The van der Waals surface area contributed by atoms with Crippen LogP contribution < -0.4 is 10.7 Å². The molecule has 0 unspecified atom stereocenters. The van der Waals surface area contributed by atoms with Crippen molar-refractivity contribution in [1.29, 1.82) is 0 Å². The molecule has 4 rings (SSSR count). The molecule has 3 atom stereocenters. The fraction of sp³-hybridized carbons (Fsp3) is 0.409. The summed E-state index contributed by atoms with van der Waals surface area (Å²) >= 11 is 0. The number of aromatic nitrogens is 1. The Morgan fingerprint density at radius 1 is 1.16 bits per heavy atom. The van der Waals surface area contributed by atoms with Crippen LogP contribution in [0.25, 0.3) is 0 Å². The van der Waals surface area contributed by atoms with Crippen LogP contribution in [0.3, 0.4) is 0 Å². The van der Waals surface area contributed by atoms with Crippen molar-refractivity contribution in [3.8, 4) is 5.75 Å². The summed E-state index contributed by atoms with van der Waals surface area (Å²) in [6.07, 6.45) is 2.66. The van der Waals surface area contributed by atoms with E-state index >= 15 is 0 Å². The standard InChI is InChI=1S/C22H22F3N3O4/c1-10-3-11(2)27-8-13(4-10)28-9-15(19(29)20(30)18(28)22(27)32)21(31)26-7-14-16(24)5-12(23)6-17(14)25/h5-6,9-11,13,30H,3-4,7-8H2,1-2H3,(H,26,31)/t10-,11+,13+/m1/s1. The number of rotatable bonds is 3. The number of halogens is 3. The molecule has 2 amide bonds. The number of fused-ring (bicyclic) bond motifs is 4. The lowest BCUT2D eigenvalue weighted by Gasteiger charge is -2.37. The van der Waals surface area contributed by atoms with E-state index < -0.39 is 58.1 Å². The summed E-state index contributed by atoms with van der Waals surface area (Å²) in [7, 11) is 0. The maximum absolute atomic E-state index is 13.8. The summed E-state index contributed by atoms with van der Waals surface area (Å²) in [5, 5.41) is 12.7. The van der Waals surface area contributed by atoms with Gasteiger partial charge in [0, 0.05) is 43.0 Å². The summed E-state index contributed by atoms with van der Waals surface area (Å²) < 4.78 is 42.2. The number of nitrogens with zero attached hydrogens (tertiary/aromatic N) is 2. The molecule has 0 aliphatic carbocycles. The molecule has 32 heavy (non-hydrogen) atoms. The number of pyridine rings is 1. The lowest BCUT2D eigenvalue weighted by atomic mass is 9.97. The number of hydrogen-bond acceptors (Lipinski definition) is 4. The Morgan fingerprint density at radius 2 is 1.81 bits per heavy atom. The van der Waals surface area contributed by atoms with Crippen LogP contribution in [0.4, 0.5) is 13.2 Å². The van der Waals surface area contributed by atoms with E-state index in [0.717, 1.165) is 6.42 Å². The first-order valence-electron chi connectivity index (χ1n) is 10.3. The van der Waals surface area contributed by atoms with E-state index in [1.807, 2.05) is 13.8 Å². The van der Waals surface area contributed by atoms with Crippen LogP contribution in [-0.2, 0) is 6.54 Å². The van der Waals surface area contributed by atoms with E-state index in [-0.39, 0.29) is 23.7 Å². The van der Waals surface area contributed by atoms with Crippen LogP contribution in [0.2, 0.25) is 0 Å². The number of amides is 2. The second-order valence-corrected chi connectivity index (χ2v) is 8.54. The average molecular weight is 449 g/mol. The van der Waals surface area contributed by atoms with Crippen LogP contribution in [-0.4, -0.2) is 39.0 Å². The van der Waals surface area contributed by atoms with E-state index in [4.69, 9.17) is 0 Å². The SMILES string of the molecule is C[C@H]1C[C@H]2CN(C(=O)c3c(O)c(=O)c(C(=O)NCc4c(F)cc(F)cc4F)cn32)[C@@H](C)C1. The maximum Gasteiger partial charge on any atom is 0.274 e. The minimum atomic E-state index is -1.18. The zero-order valence-electron chi connectivity index (χ0n) is 17.5. The Labute approximate surface area is 181 Å². The van der Waals surface area contributed by atoms with Crippen LogP contribution >= 0.6 is 0 Å². The summed E-state index contributed by atoms with van der Waals surface area (Å²) in [6.45, 7) is 3.71. The molecule has 2 aromatic rings. The third-order valence-electron chi connectivity index (χ3n) is 6.20. The van der Waals surface area contributed by atoms with E-state index in [0.29, 0.717) is 25.1 Å². The van der Waals surface area contributed by atoms with Crippen molar-refractivity contribution in [3.63, 3.8) is 0 Å². The van der Waals surface area contributed by atoms with Gasteiger partial charge in [0.1, 0.15) is 23.0 Å². The number of aromatic hydroxyl groups is 1. The molecule has 1 fully saturated rings. The van der Waals surface area contributed by atoms with Crippen molar-refractivity contribution in [2.24, 2.45) is 5.92 Å². The number of benzene rings is 1. The van der Waals surface area contributed by atoms with Gasteiger partial charge in [-0.15, -0.1) is 0 Å². The number of nitrogens with one attached hydrogen (secondary N) is 1. The molecule has 0 saturated carbocycles. The van der Waals surface area contributed by atoms with E-state index in [1.54, 1.807) is 4.90 Å². The second-order valence-electron chi connectivity index (χ2n) is 8.54. The second kappa shape index (κ2) is 7.99. The summed E-state index contributed by atoms with van der Waals surface area (Å²) in [5.41, 5.74) is -2.25. The van der Waals surface area contributed by atoms with Crippen LogP contribution in [0.15, 0.2) is 23.1 Å². The van der Waals surface area contributed by atoms with Gasteiger partial charge in [0.2, 0.25) is 5.43 Å². The topological polar surface area (TPSA) is 91.6 Å². The van der Waals surface area contributed by atoms with Gasteiger partial charge >= 0.3 is 0 Å². The van der Waals surface area contributed by atoms with E-state index in [2.05, 4.69) is 5.32 Å². The van der Waals surface area contributed by atoms with Gasteiger partial charge in [-0.05, 0) is 25.7 Å². The average Bonchev–Trinajstić information content (AvgIpc) is 2.83. The van der Waals surface area contributed by atoms with Gasteiger partial charge in [0.15, 0.2) is 11.4 Å². The molecule has 1 saturated heterocycles. The van der Waals surface area contributed by atoms with Gasteiger partial charge < -0.3 is 19.9 Å². The fourth-order valence-electron chi connectivity index (χ4n) is 4.66. The smallest absolute Gasteiger partial charge is 0.274 e. The molecule has 2 aliphatic heterocycles. The fourth-order valence-corrected chi connectivity index (χ4v) is 4.66. The Hall–Kier alpha value is -3.30. The number of carbonyl (C=O) groups excluding carboxylic acids is 2. The summed E-state index contributed by atoms with van der Waals surface area (Å²) in [6, 6.07) is 0.660. The predicted octanol–water partition coefficient (Wildman–Crippen LogP) is 2.72.